The molecule has 6 heteroatoms. The monoisotopic (exact) mass is 387 g/mol. The van der Waals surface area contributed by atoms with E-state index in [1.54, 1.807) is 0 Å². The highest BCUT2D eigenvalue weighted by atomic mass is 32.1. The maximum absolute atomic E-state index is 11.5. The smallest absolute Gasteiger partial charge is 0.307 e. The first-order valence-electron chi connectivity index (χ1n) is 8.69. The highest BCUT2D eigenvalue weighted by molar-refractivity contribution is 7.09. The predicted octanol–water partition coefficient (Wildman–Crippen LogP) is 5.27. The lowest BCUT2D eigenvalue weighted by molar-refractivity contribution is 0.450. The molecule has 0 aliphatic carbocycles. The number of rotatable bonds is 4. The number of thiazole rings is 1. The van der Waals surface area contributed by atoms with Crippen molar-refractivity contribution in [3.05, 3.63) is 56.5 Å². The zero-order chi connectivity index (χ0) is 19.1. The Hall–Kier alpha value is -2.05. The highest BCUT2D eigenvalue weighted by Crippen LogP contribution is 2.41. The Bertz CT molecular complexity index is 998. The lowest BCUT2D eigenvalue weighted by Crippen LogP contribution is -2.44. The summed E-state index contributed by atoms with van der Waals surface area (Å²) in [7, 11) is -2.05. The van der Waals surface area contributed by atoms with E-state index in [2.05, 4.69) is 57.0 Å². The number of nitrogens with one attached hydrogen (secondary N) is 1. The van der Waals surface area contributed by atoms with Crippen molar-refractivity contribution >= 4 is 30.4 Å². The standard InChI is InChI=1S/C20H25NO3SSi/c1-20(2,3)26(4,5)24-17-14(12-16-18(22)21-19(23)25-16)11-10-13-8-6-7-9-15(13)17/h6-11,22H,12H2,1-5H3,(H,21,23). The zero-order valence-electron chi connectivity index (χ0n) is 15.8. The number of aromatic hydroxyl groups is 1. The number of benzene rings is 2. The molecule has 1 aromatic heterocycles. The Morgan fingerprint density at radius 2 is 1.85 bits per heavy atom. The molecule has 0 radical (unpaired) electrons. The second-order valence-corrected chi connectivity index (χ2v) is 13.9. The average molecular weight is 388 g/mol. The third kappa shape index (κ3) is 3.57. The number of fused-ring (bicyclic) bond motifs is 1. The summed E-state index contributed by atoms with van der Waals surface area (Å²) in [4.78, 5) is 14.4. The van der Waals surface area contributed by atoms with Crippen molar-refractivity contribution < 1.29 is 9.53 Å². The van der Waals surface area contributed by atoms with Gasteiger partial charge in [0.1, 0.15) is 5.75 Å². The van der Waals surface area contributed by atoms with Crippen molar-refractivity contribution in [3.63, 3.8) is 0 Å². The third-order valence-electron chi connectivity index (χ3n) is 5.18. The first kappa shape index (κ1) is 18.7. The van der Waals surface area contributed by atoms with E-state index in [9.17, 15) is 9.90 Å². The van der Waals surface area contributed by atoms with Crippen LogP contribution in [0.2, 0.25) is 18.1 Å². The molecule has 138 valence electrons. The number of H-pyrrole nitrogens is 1. The van der Waals surface area contributed by atoms with Crippen molar-refractivity contribution in [3.8, 4) is 11.6 Å². The molecule has 0 unspecified atom stereocenters. The molecule has 3 rings (SSSR count). The molecule has 4 nitrogen and oxygen atoms in total. The van der Waals surface area contributed by atoms with E-state index >= 15 is 0 Å². The Kier molecular flexibility index (Phi) is 4.75. The van der Waals surface area contributed by atoms with Crippen LogP contribution in [0.25, 0.3) is 10.8 Å². The fourth-order valence-electron chi connectivity index (χ4n) is 2.60. The summed E-state index contributed by atoms with van der Waals surface area (Å²) in [6.07, 6.45) is 0.462. The van der Waals surface area contributed by atoms with Gasteiger partial charge in [0.05, 0.1) is 4.88 Å². The molecule has 0 saturated heterocycles. The molecule has 3 aromatic rings. The summed E-state index contributed by atoms with van der Waals surface area (Å²) >= 11 is 1.04. The van der Waals surface area contributed by atoms with Gasteiger partial charge in [0.15, 0.2) is 0 Å². The van der Waals surface area contributed by atoms with Gasteiger partial charge < -0.3 is 9.53 Å². The van der Waals surface area contributed by atoms with Gasteiger partial charge in [-0.1, -0.05) is 68.5 Å². The summed E-state index contributed by atoms with van der Waals surface area (Å²) in [6, 6.07) is 12.3. The molecule has 0 fully saturated rings. The molecule has 0 atom stereocenters. The van der Waals surface area contributed by atoms with E-state index in [0.29, 0.717) is 11.3 Å². The van der Waals surface area contributed by atoms with Crippen molar-refractivity contribution in [2.75, 3.05) is 0 Å². The van der Waals surface area contributed by atoms with E-state index in [1.807, 2.05) is 18.2 Å². The van der Waals surface area contributed by atoms with Crippen molar-refractivity contribution in [1.82, 2.24) is 4.98 Å². The van der Waals surface area contributed by atoms with Crippen LogP contribution in [0.15, 0.2) is 41.2 Å². The Labute approximate surface area is 158 Å². The maximum atomic E-state index is 11.5. The Morgan fingerprint density at radius 1 is 1.15 bits per heavy atom. The predicted molar refractivity (Wildman–Crippen MR) is 111 cm³/mol. The van der Waals surface area contributed by atoms with E-state index in [4.69, 9.17) is 4.43 Å². The van der Waals surface area contributed by atoms with E-state index in [1.165, 1.54) is 0 Å². The molecule has 26 heavy (non-hydrogen) atoms. The summed E-state index contributed by atoms with van der Waals surface area (Å²) in [6.45, 7) is 11.1. The SMILES string of the molecule is CC(C)(C)[Si](C)(C)Oc1c(Cc2sc(=O)[nH]c2O)ccc2ccccc12. The highest BCUT2D eigenvalue weighted by Gasteiger charge is 2.39. The van der Waals surface area contributed by atoms with Crippen LogP contribution in [-0.2, 0) is 6.42 Å². The van der Waals surface area contributed by atoms with Gasteiger partial charge in [0.25, 0.3) is 8.32 Å². The second-order valence-electron chi connectivity index (χ2n) is 8.10. The van der Waals surface area contributed by atoms with E-state index in [-0.39, 0.29) is 15.8 Å². The lowest BCUT2D eigenvalue weighted by atomic mass is 10.0. The molecule has 0 saturated carbocycles. The average Bonchev–Trinajstić information content (AvgIpc) is 2.86. The lowest BCUT2D eigenvalue weighted by Gasteiger charge is -2.37. The van der Waals surface area contributed by atoms with Crippen LogP contribution >= 0.6 is 11.3 Å². The molecule has 2 aromatic carbocycles. The molecular weight excluding hydrogens is 362 g/mol. The molecule has 0 amide bonds. The summed E-state index contributed by atoms with van der Waals surface area (Å²) in [5.74, 6) is 0.821. The minimum atomic E-state index is -2.05. The molecule has 2 N–H and O–H groups in total. The minimum absolute atomic E-state index is 0.0496. The Balaban J connectivity index is 2.14. The molecule has 0 aliphatic rings. The summed E-state index contributed by atoms with van der Waals surface area (Å²) in [5.41, 5.74) is 0.985. The van der Waals surface area contributed by atoms with Crippen LogP contribution in [0.1, 0.15) is 31.2 Å². The van der Waals surface area contributed by atoms with E-state index < -0.39 is 8.32 Å². The number of hydrogen-bond acceptors (Lipinski definition) is 4. The van der Waals surface area contributed by atoms with Gasteiger partial charge in [-0.25, -0.2) is 0 Å². The van der Waals surface area contributed by atoms with E-state index in [0.717, 1.165) is 33.4 Å². The molecule has 0 bridgehead atoms. The maximum Gasteiger partial charge on any atom is 0.307 e. The summed E-state index contributed by atoms with van der Waals surface area (Å²) in [5, 5.41) is 12.2. The van der Waals surface area contributed by atoms with Gasteiger partial charge in [-0.05, 0) is 29.1 Å². The van der Waals surface area contributed by atoms with Crippen molar-refractivity contribution in [2.24, 2.45) is 0 Å². The largest absolute Gasteiger partial charge is 0.543 e. The fraction of sp³-hybridized carbons (Fsp3) is 0.350. The third-order valence-corrected chi connectivity index (χ3v) is 10.4. The van der Waals surface area contributed by atoms with Gasteiger partial charge in [0.2, 0.25) is 5.88 Å². The fourth-order valence-corrected chi connectivity index (χ4v) is 4.41. The number of aromatic amines is 1. The van der Waals surface area contributed by atoms with Crippen molar-refractivity contribution in [1.29, 1.82) is 0 Å². The van der Waals surface area contributed by atoms with Gasteiger partial charge in [-0.2, -0.15) is 0 Å². The van der Waals surface area contributed by atoms with Gasteiger partial charge >= 0.3 is 4.87 Å². The van der Waals surface area contributed by atoms with Crippen LogP contribution in [0.4, 0.5) is 0 Å². The van der Waals surface area contributed by atoms with Gasteiger partial charge in [-0.15, -0.1) is 0 Å². The van der Waals surface area contributed by atoms with Crippen LogP contribution in [0, 0.1) is 0 Å². The Morgan fingerprint density at radius 3 is 2.46 bits per heavy atom. The second kappa shape index (κ2) is 6.59. The first-order chi connectivity index (χ1) is 12.1. The topological polar surface area (TPSA) is 62.3 Å². The zero-order valence-corrected chi connectivity index (χ0v) is 17.7. The molecule has 0 aliphatic heterocycles. The molecular formula is C20H25NO3SSi. The van der Waals surface area contributed by atoms with Crippen LogP contribution in [-0.4, -0.2) is 18.4 Å². The van der Waals surface area contributed by atoms with Gasteiger partial charge in [-0.3, -0.25) is 9.78 Å². The number of hydrogen-bond donors (Lipinski definition) is 2. The summed E-state index contributed by atoms with van der Waals surface area (Å²) < 4.78 is 6.70. The molecule has 1 heterocycles. The van der Waals surface area contributed by atoms with Crippen LogP contribution < -0.4 is 9.30 Å². The quantitative estimate of drug-likeness (QED) is 0.600. The van der Waals surface area contributed by atoms with Crippen LogP contribution in [0.3, 0.4) is 0 Å². The van der Waals surface area contributed by atoms with Crippen LogP contribution in [0.5, 0.6) is 11.6 Å². The number of aromatic nitrogens is 1. The first-order valence-corrected chi connectivity index (χ1v) is 12.4. The minimum Gasteiger partial charge on any atom is -0.543 e. The normalized spacial score (nSPS) is 12.5. The molecule has 0 spiro atoms. The van der Waals surface area contributed by atoms with Gasteiger partial charge in [0, 0.05) is 11.8 Å². The van der Waals surface area contributed by atoms with Crippen molar-refractivity contribution in [2.45, 2.75) is 45.3 Å².